The number of carbonyl (C=O) groups is 1. The van der Waals surface area contributed by atoms with Crippen LogP contribution in [0.4, 0.5) is 11.4 Å². The van der Waals surface area contributed by atoms with Crippen LogP contribution in [-0.2, 0) is 14.8 Å². The van der Waals surface area contributed by atoms with E-state index in [1.807, 2.05) is 6.07 Å². The van der Waals surface area contributed by atoms with Crippen molar-refractivity contribution in [3.05, 3.63) is 78.9 Å². The molecular weight excluding hydrogens is 404 g/mol. The minimum Gasteiger partial charge on any atom is -0.497 e. The van der Waals surface area contributed by atoms with Gasteiger partial charge >= 0.3 is 0 Å². The number of hydrogen-bond donors (Lipinski definition) is 1. The molecule has 1 aliphatic heterocycles. The monoisotopic (exact) mass is 424 g/mol. The van der Waals surface area contributed by atoms with Crippen molar-refractivity contribution in [1.29, 1.82) is 0 Å². The van der Waals surface area contributed by atoms with E-state index in [2.05, 4.69) is 5.32 Å². The molecule has 0 fully saturated rings. The Morgan fingerprint density at radius 1 is 1.00 bits per heavy atom. The van der Waals surface area contributed by atoms with Gasteiger partial charge in [0.25, 0.3) is 15.9 Å². The number of ether oxygens (including phenoxy) is 2. The Morgan fingerprint density at radius 3 is 2.37 bits per heavy atom. The lowest BCUT2D eigenvalue weighted by Crippen LogP contribution is -2.48. The van der Waals surface area contributed by atoms with Crippen LogP contribution in [0.1, 0.15) is 0 Å². The molecule has 0 bridgehead atoms. The van der Waals surface area contributed by atoms with Crippen molar-refractivity contribution in [3.63, 3.8) is 0 Å². The molecule has 0 spiro atoms. The first-order valence-corrected chi connectivity index (χ1v) is 10.7. The van der Waals surface area contributed by atoms with Crippen molar-refractivity contribution < 1.29 is 22.7 Å². The predicted molar refractivity (Wildman–Crippen MR) is 113 cm³/mol. The molecule has 30 heavy (non-hydrogen) atoms. The fourth-order valence-corrected chi connectivity index (χ4v) is 4.66. The van der Waals surface area contributed by atoms with Crippen LogP contribution in [0, 0.1) is 0 Å². The molecule has 0 aromatic heterocycles. The fourth-order valence-electron chi connectivity index (χ4n) is 3.19. The quantitative estimate of drug-likeness (QED) is 0.679. The first-order chi connectivity index (χ1) is 14.5. The third-order valence-electron chi connectivity index (χ3n) is 4.72. The maximum Gasteiger partial charge on any atom is 0.267 e. The predicted octanol–water partition coefficient (Wildman–Crippen LogP) is 3.29. The molecule has 7 nitrogen and oxygen atoms in total. The molecule has 4 rings (SSSR count). The summed E-state index contributed by atoms with van der Waals surface area (Å²) in [5.41, 5.74) is 0.992. The maximum absolute atomic E-state index is 13.4. The molecule has 1 N–H and O–H groups in total. The van der Waals surface area contributed by atoms with Gasteiger partial charge in [-0.25, -0.2) is 8.42 Å². The molecule has 1 atom stereocenters. The van der Waals surface area contributed by atoms with E-state index in [1.165, 1.54) is 23.5 Å². The number of benzene rings is 3. The van der Waals surface area contributed by atoms with Gasteiger partial charge in [0.1, 0.15) is 11.5 Å². The van der Waals surface area contributed by atoms with Gasteiger partial charge in [-0.2, -0.15) is 0 Å². The lowest BCUT2D eigenvalue weighted by Gasteiger charge is -2.34. The molecular formula is C22H20N2O5S. The third kappa shape index (κ3) is 3.81. The van der Waals surface area contributed by atoms with E-state index in [9.17, 15) is 13.2 Å². The second-order valence-electron chi connectivity index (χ2n) is 6.64. The molecule has 0 saturated carbocycles. The molecule has 1 unspecified atom stereocenters. The largest absolute Gasteiger partial charge is 0.497 e. The summed E-state index contributed by atoms with van der Waals surface area (Å²) in [5.74, 6) is 0.455. The lowest BCUT2D eigenvalue weighted by molar-refractivity contribution is -0.122. The fraction of sp³-hybridized carbons (Fsp3) is 0.136. The molecule has 0 aliphatic carbocycles. The van der Waals surface area contributed by atoms with Gasteiger partial charge in [0.05, 0.1) is 24.2 Å². The van der Waals surface area contributed by atoms with E-state index in [0.717, 1.165) is 0 Å². The number of nitrogens with one attached hydrogen (secondary N) is 1. The van der Waals surface area contributed by atoms with Gasteiger partial charge in [-0.3, -0.25) is 9.10 Å². The Hall–Kier alpha value is -3.52. The highest BCUT2D eigenvalue weighted by molar-refractivity contribution is 7.92. The Kier molecular flexibility index (Phi) is 5.33. The number of hydrogen-bond acceptors (Lipinski definition) is 5. The Balaban J connectivity index is 1.66. The average Bonchev–Trinajstić information content (AvgIpc) is 2.79. The van der Waals surface area contributed by atoms with Crippen LogP contribution in [0.2, 0.25) is 0 Å². The first kappa shape index (κ1) is 19.8. The molecule has 1 amide bonds. The Labute approximate surface area is 174 Å². The zero-order valence-corrected chi connectivity index (χ0v) is 17.0. The number of carbonyl (C=O) groups excluding carboxylic acids is 1. The maximum atomic E-state index is 13.4. The van der Waals surface area contributed by atoms with Gasteiger partial charge < -0.3 is 14.8 Å². The van der Waals surface area contributed by atoms with E-state index in [0.29, 0.717) is 22.9 Å². The zero-order valence-electron chi connectivity index (χ0n) is 16.2. The molecule has 0 saturated heterocycles. The van der Waals surface area contributed by atoms with Gasteiger partial charge in [0.2, 0.25) is 0 Å². The summed E-state index contributed by atoms with van der Waals surface area (Å²) in [5, 5.41) is 2.77. The number of anilines is 2. The first-order valence-electron chi connectivity index (χ1n) is 9.27. The number of fused-ring (bicyclic) bond motifs is 1. The topological polar surface area (TPSA) is 84.9 Å². The second-order valence-corrected chi connectivity index (χ2v) is 8.50. The number of para-hydroxylation sites is 3. The van der Waals surface area contributed by atoms with Crippen LogP contribution >= 0.6 is 0 Å². The number of methoxy groups -OCH3 is 1. The van der Waals surface area contributed by atoms with E-state index >= 15 is 0 Å². The minimum absolute atomic E-state index is 0.0993. The number of rotatable bonds is 5. The number of sulfonamides is 1. The molecule has 8 heteroatoms. The summed E-state index contributed by atoms with van der Waals surface area (Å²) in [6.07, 6.45) is -1.01. The van der Waals surface area contributed by atoms with Crippen molar-refractivity contribution in [2.45, 2.75) is 11.0 Å². The lowest BCUT2D eigenvalue weighted by atomic mass is 10.2. The molecule has 154 valence electrons. The summed E-state index contributed by atoms with van der Waals surface area (Å²) >= 11 is 0. The second kappa shape index (κ2) is 8.08. The Morgan fingerprint density at radius 2 is 1.67 bits per heavy atom. The molecule has 1 aliphatic rings. The van der Waals surface area contributed by atoms with Gasteiger partial charge in [-0.05, 0) is 48.5 Å². The molecule has 3 aromatic rings. The Bertz CT molecular complexity index is 1150. The molecule has 3 aromatic carbocycles. The van der Waals surface area contributed by atoms with Crippen LogP contribution in [0.25, 0.3) is 0 Å². The van der Waals surface area contributed by atoms with E-state index in [1.54, 1.807) is 60.7 Å². The summed E-state index contributed by atoms with van der Waals surface area (Å²) in [6, 6.07) is 21.8. The summed E-state index contributed by atoms with van der Waals surface area (Å²) in [4.78, 5) is 12.9. The summed E-state index contributed by atoms with van der Waals surface area (Å²) in [7, 11) is -2.41. The highest BCUT2D eigenvalue weighted by atomic mass is 32.2. The molecule has 0 radical (unpaired) electrons. The van der Waals surface area contributed by atoms with Crippen LogP contribution < -0.4 is 19.1 Å². The SMILES string of the molecule is COc1ccc(S(=O)(=O)N2CC(C(=O)Nc3ccccc3)Oc3ccccc32)cc1. The van der Waals surface area contributed by atoms with E-state index in [4.69, 9.17) is 9.47 Å². The minimum atomic E-state index is -3.92. The van der Waals surface area contributed by atoms with Gasteiger partial charge in [-0.15, -0.1) is 0 Å². The van der Waals surface area contributed by atoms with E-state index in [-0.39, 0.29) is 11.4 Å². The van der Waals surface area contributed by atoms with Gasteiger partial charge in [0.15, 0.2) is 6.10 Å². The highest BCUT2D eigenvalue weighted by Crippen LogP contribution is 2.37. The standard InChI is InChI=1S/C22H20N2O5S/c1-28-17-11-13-18(14-12-17)30(26,27)24-15-21(29-20-10-6-5-9-19(20)24)22(25)23-16-7-3-2-4-8-16/h2-14,21H,15H2,1H3,(H,23,25). The zero-order chi connectivity index (χ0) is 21.1. The van der Waals surface area contributed by atoms with Crippen molar-refractivity contribution in [2.75, 3.05) is 23.3 Å². The van der Waals surface area contributed by atoms with Crippen LogP contribution in [0.5, 0.6) is 11.5 Å². The van der Waals surface area contributed by atoms with Crippen molar-refractivity contribution in [3.8, 4) is 11.5 Å². The van der Waals surface area contributed by atoms with Crippen LogP contribution in [0.15, 0.2) is 83.8 Å². The van der Waals surface area contributed by atoms with Crippen LogP contribution in [-0.4, -0.2) is 34.1 Å². The number of nitrogens with zero attached hydrogens (tertiary/aromatic N) is 1. The highest BCUT2D eigenvalue weighted by Gasteiger charge is 2.37. The summed E-state index contributed by atoms with van der Waals surface area (Å²) < 4.78 is 38.9. The van der Waals surface area contributed by atoms with Crippen molar-refractivity contribution in [1.82, 2.24) is 0 Å². The van der Waals surface area contributed by atoms with Crippen molar-refractivity contribution >= 4 is 27.3 Å². The van der Waals surface area contributed by atoms with Crippen molar-refractivity contribution in [2.24, 2.45) is 0 Å². The summed E-state index contributed by atoms with van der Waals surface area (Å²) in [6.45, 7) is -0.149. The third-order valence-corrected chi connectivity index (χ3v) is 6.51. The van der Waals surface area contributed by atoms with Crippen LogP contribution in [0.3, 0.4) is 0 Å². The van der Waals surface area contributed by atoms with Gasteiger partial charge in [0, 0.05) is 5.69 Å². The smallest absolute Gasteiger partial charge is 0.267 e. The van der Waals surface area contributed by atoms with E-state index < -0.39 is 22.0 Å². The van der Waals surface area contributed by atoms with Gasteiger partial charge in [-0.1, -0.05) is 30.3 Å². The average molecular weight is 424 g/mol. The number of amides is 1. The molecule has 1 heterocycles. The normalized spacial score (nSPS) is 15.6.